The van der Waals surface area contributed by atoms with Crippen LogP contribution in [0.1, 0.15) is 39.0 Å². The molecule has 0 bridgehead atoms. The Kier molecular flexibility index (Phi) is 3.37. The molecule has 0 radical (unpaired) electrons. The Hall–Kier alpha value is -0.500. The number of rotatable bonds is 3. The highest BCUT2D eigenvalue weighted by molar-refractivity contribution is 6.40. The van der Waals surface area contributed by atoms with Crippen LogP contribution < -0.4 is 0 Å². The molecule has 3 heteroatoms. The van der Waals surface area contributed by atoms with Crippen LogP contribution in [-0.4, -0.2) is 11.6 Å². The zero-order chi connectivity index (χ0) is 9.90. The minimum absolute atomic E-state index is 0.0280. The van der Waals surface area contributed by atoms with Crippen LogP contribution in [0.5, 0.6) is 0 Å². The van der Waals surface area contributed by atoms with Crippen LogP contribution in [-0.2, 0) is 9.53 Å². The molecule has 0 unspecified atom stereocenters. The molecule has 0 atom stereocenters. The van der Waals surface area contributed by atoms with Crippen molar-refractivity contribution in [1.82, 2.24) is 0 Å². The summed E-state index contributed by atoms with van der Waals surface area (Å²) in [4.78, 5) is 11.2. The third kappa shape index (κ3) is 2.47. The zero-order valence-corrected chi connectivity index (χ0v) is 8.69. The van der Waals surface area contributed by atoms with E-state index in [1.54, 1.807) is 0 Å². The Morgan fingerprint density at radius 1 is 1.54 bits per heavy atom. The summed E-state index contributed by atoms with van der Waals surface area (Å²) in [6, 6.07) is 0. The smallest absolute Gasteiger partial charge is 0.349 e. The largest absolute Gasteiger partial charge is 0.455 e. The van der Waals surface area contributed by atoms with Crippen LogP contribution in [0.2, 0.25) is 0 Å². The Morgan fingerprint density at radius 3 is 2.46 bits per heavy atom. The summed E-state index contributed by atoms with van der Waals surface area (Å²) in [5.74, 6) is -0.467. The van der Waals surface area contributed by atoms with Crippen molar-refractivity contribution in [1.29, 1.82) is 0 Å². The number of carbonyl (C=O) groups excluding carboxylic acids is 1. The third-order valence-electron chi connectivity index (χ3n) is 2.69. The van der Waals surface area contributed by atoms with Crippen LogP contribution in [0.15, 0.2) is 11.6 Å². The predicted molar refractivity (Wildman–Crippen MR) is 52.6 cm³/mol. The van der Waals surface area contributed by atoms with Gasteiger partial charge in [0.05, 0.1) is 0 Å². The summed E-state index contributed by atoms with van der Waals surface area (Å²) in [6.45, 7) is 5.39. The average Bonchev–Trinajstić information content (AvgIpc) is 2.54. The molecule has 13 heavy (non-hydrogen) atoms. The average molecular weight is 203 g/mol. The van der Waals surface area contributed by atoms with Crippen molar-refractivity contribution in [3.05, 3.63) is 11.6 Å². The molecule has 0 aliphatic heterocycles. The maximum absolute atomic E-state index is 11.2. The molecular weight excluding hydrogens is 188 g/mol. The van der Waals surface area contributed by atoms with Crippen molar-refractivity contribution in [3.8, 4) is 0 Å². The second-order valence-corrected chi connectivity index (χ2v) is 3.99. The maximum Gasteiger partial charge on any atom is 0.349 e. The van der Waals surface area contributed by atoms with E-state index >= 15 is 0 Å². The lowest BCUT2D eigenvalue weighted by molar-refractivity contribution is -0.153. The van der Waals surface area contributed by atoms with Crippen molar-refractivity contribution >= 4 is 17.6 Å². The van der Waals surface area contributed by atoms with Gasteiger partial charge in [0.2, 0.25) is 0 Å². The van der Waals surface area contributed by atoms with Crippen molar-refractivity contribution in [2.24, 2.45) is 0 Å². The SMILES string of the molecule is C=C(Cl)C(=O)OC1(CC)CCCC1. The normalized spacial score (nSPS) is 19.8. The quantitative estimate of drug-likeness (QED) is 0.520. The second-order valence-electron chi connectivity index (χ2n) is 3.54. The molecule has 2 nitrogen and oxygen atoms in total. The van der Waals surface area contributed by atoms with E-state index in [-0.39, 0.29) is 10.6 Å². The lowest BCUT2D eigenvalue weighted by Gasteiger charge is -2.27. The number of halogens is 1. The fraction of sp³-hybridized carbons (Fsp3) is 0.700. The molecule has 1 aliphatic carbocycles. The Labute approximate surface area is 83.9 Å². The second kappa shape index (κ2) is 4.14. The molecule has 1 aliphatic rings. The van der Waals surface area contributed by atoms with Gasteiger partial charge in [0.25, 0.3) is 0 Å². The summed E-state index contributed by atoms with van der Waals surface area (Å²) in [5.41, 5.74) is -0.255. The van der Waals surface area contributed by atoms with Crippen molar-refractivity contribution in [2.45, 2.75) is 44.6 Å². The lowest BCUT2D eigenvalue weighted by atomic mass is 9.99. The third-order valence-corrected chi connectivity index (χ3v) is 2.84. The summed E-state index contributed by atoms with van der Waals surface area (Å²) < 4.78 is 5.34. The van der Waals surface area contributed by atoms with E-state index in [1.165, 1.54) is 0 Å². The van der Waals surface area contributed by atoms with Gasteiger partial charge < -0.3 is 4.74 Å². The van der Waals surface area contributed by atoms with E-state index in [2.05, 4.69) is 6.58 Å². The standard InChI is InChI=1S/C10H15ClO2/c1-3-10(6-4-5-7-10)13-9(12)8(2)11/h2-7H2,1H3. The molecule has 0 aromatic heterocycles. The van der Waals surface area contributed by atoms with Gasteiger partial charge in [0, 0.05) is 0 Å². The molecule has 0 spiro atoms. The van der Waals surface area contributed by atoms with Crippen LogP contribution in [0, 0.1) is 0 Å². The molecule has 0 saturated heterocycles. The molecule has 0 N–H and O–H groups in total. The zero-order valence-electron chi connectivity index (χ0n) is 7.94. The summed E-state index contributed by atoms with van der Waals surface area (Å²) >= 11 is 5.46. The highest BCUT2D eigenvalue weighted by Crippen LogP contribution is 2.36. The predicted octanol–water partition coefficient (Wildman–Crippen LogP) is 3.00. The molecular formula is C10H15ClO2. The Morgan fingerprint density at radius 2 is 2.08 bits per heavy atom. The molecule has 1 rings (SSSR count). The van der Waals surface area contributed by atoms with Gasteiger partial charge in [0.1, 0.15) is 10.6 Å². The van der Waals surface area contributed by atoms with Crippen LogP contribution in [0.25, 0.3) is 0 Å². The number of carbonyl (C=O) groups is 1. The van der Waals surface area contributed by atoms with Crippen molar-refractivity contribution in [2.75, 3.05) is 0 Å². The fourth-order valence-electron chi connectivity index (χ4n) is 1.80. The first-order valence-corrected chi connectivity index (χ1v) is 5.05. The van der Waals surface area contributed by atoms with E-state index in [9.17, 15) is 4.79 Å². The molecule has 0 aromatic carbocycles. The highest BCUT2D eigenvalue weighted by atomic mass is 35.5. The van der Waals surface area contributed by atoms with Crippen LogP contribution in [0.3, 0.4) is 0 Å². The molecule has 74 valence electrons. The lowest BCUT2D eigenvalue weighted by Crippen LogP contribution is -2.31. The molecule has 1 fully saturated rings. The van der Waals surface area contributed by atoms with Gasteiger partial charge in [-0.2, -0.15) is 0 Å². The van der Waals surface area contributed by atoms with Gasteiger partial charge in [-0.25, -0.2) is 4.79 Å². The van der Waals surface area contributed by atoms with Gasteiger partial charge in [-0.3, -0.25) is 0 Å². The van der Waals surface area contributed by atoms with Crippen molar-refractivity contribution < 1.29 is 9.53 Å². The summed E-state index contributed by atoms with van der Waals surface area (Å²) in [5, 5.41) is -0.0280. The first kappa shape index (κ1) is 10.6. The van der Waals surface area contributed by atoms with Gasteiger partial charge in [-0.05, 0) is 32.1 Å². The highest BCUT2D eigenvalue weighted by Gasteiger charge is 2.36. The Bertz CT molecular complexity index is 217. The molecule has 0 heterocycles. The van der Waals surface area contributed by atoms with E-state index in [0.717, 1.165) is 32.1 Å². The fourth-order valence-corrected chi connectivity index (χ4v) is 1.84. The number of ether oxygens (including phenoxy) is 1. The monoisotopic (exact) mass is 202 g/mol. The Balaban J connectivity index is 2.58. The topological polar surface area (TPSA) is 26.3 Å². The van der Waals surface area contributed by atoms with E-state index in [0.29, 0.717) is 0 Å². The van der Waals surface area contributed by atoms with Gasteiger partial charge in [-0.15, -0.1) is 0 Å². The van der Waals surface area contributed by atoms with Gasteiger partial charge >= 0.3 is 5.97 Å². The van der Waals surface area contributed by atoms with Crippen LogP contribution in [0.4, 0.5) is 0 Å². The first-order chi connectivity index (χ1) is 6.09. The molecule has 1 saturated carbocycles. The van der Waals surface area contributed by atoms with E-state index in [4.69, 9.17) is 16.3 Å². The van der Waals surface area contributed by atoms with E-state index in [1.807, 2.05) is 6.92 Å². The number of esters is 1. The first-order valence-electron chi connectivity index (χ1n) is 4.67. The van der Waals surface area contributed by atoms with Gasteiger partial charge in [0.15, 0.2) is 0 Å². The number of hydrogen-bond acceptors (Lipinski definition) is 2. The molecule has 0 amide bonds. The minimum atomic E-state index is -0.467. The number of hydrogen-bond donors (Lipinski definition) is 0. The van der Waals surface area contributed by atoms with E-state index < -0.39 is 5.97 Å². The molecule has 0 aromatic rings. The maximum atomic E-state index is 11.2. The summed E-state index contributed by atoms with van der Waals surface area (Å²) in [6.07, 6.45) is 5.05. The van der Waals surface area contributed by atoms with Gasteiger partial charge in [-0.1, -0.05) is 25.1 Å². The van der Waals surface area contributed by atoms with Crippen LogP contribution >= 0.6 is 11.6 Å². The minimum Gasteiger partial charge on any atom is -0.455 e. The summed E-state index contributed by atoms with van der Waals surface area (Å²) in [7, 11) is 0. The van der Waals surface area contributed by atoms with Crippen molar-refractivity contribution in [3.63, 3.8) is 0 Å².